The minimum absolute atomic E-state index is 0.413. The first-order valence-corrected chi connectivity index (χ1v) is 5.25. The van der Waals surface area contributed by atoms with Gasteiger partial charge in [0.05, 0.1) is 0 Å². The summed E-state index contributed by atoms with van der Waals surface area (Å²) >= 11 is 0. The highest BCUT2D eigenvalue weighted by Gasteiger charge is 2.09. The highest BCUT2D eigenvalue weighted by Crippen LogP contribution is 2.15. The standard InChI is InChI=1S/C12H19NO/c1-3-4-10-13(11(2)14)12-8-6-5-7-9-12/h5-9,11,14H,3-4,10H2,1-2H3. The van der Waals surface area contributed by atoms with E-state index in [0.29, 0.717) is 0 Å². The van der Waals surface area contributed by atoms with Crippen LogP contribution in [0.4, 0.5) is 5.69 Å². The molecule has 2 heteroatoms. The van der Waals surface area contributed by atoms with Gasteiger partial charge >= 0.3 is 0 Å². The molecule has 1 aromatic carbocycles. The summed E-state index contributed by atoms with van der Waals surface area (Å²) in [5.74, 6) is 0. The highest BCUT2D eigenvalue weighted by atomic mass is 16.3. The summed E-state index contributed by atoms with van der Waals surface area (Å²) in [4.78, 5) is 2.02. The van der Waals surface area contributed by atoms with E-state index in [0.717, 1.165) is 25.1 Å². The number of unbranched alkanes of at least 4 members (excludes halogenated alkanes) is 1. The number of nitrogens with zero attached hydrogens (tertiary/aromatic N) is 1. The van der Waals surface area contributed by atoms with Gasteiger partial charge in [-0.2, -0.15) is 0 Å². The van der Waals surface area contributed by atoms with Crippen LogP contribution in [0, 0.1) is 0 Å². The molecule has 1 N–H and O–H groups in total. The summed E-state index contributed by atoms with van der Waals surface area (Å²) in [7, 11) is 0. The van der Waals surface area contributed by atoms with Crippen LogP contribution in [-0.2, 0) is 0 Å². The number of aliphatic hydroxyl groups is 1. The Kier molecular flexibility index (Phi) is 4.47. The zero-order valence-electron chi connectivity index (χ0n) is 8.98. The molecule has 14 heavy (non-hydrogen) atoms. The van der Waals surface area contributed by atoms with Gasteiger partial charge in [0.1, 0.15) is 6.23 Å². The fourth-order valence-electron chi connectivity index (χ4n) is 1.48. The fourth-order valence-corrected chi connectivity index (χ4v) is 1.48. The second kappa shape index (κ2) is 5.66. The van der Waals surface area contributed by atoms with Crippen LogP contribution in [0.25, 0.3) is 0 Å². The summed E-state index contributed by atoms with van der Waals surface area (Å²) in [5.41, 5.74) is 1.09. The van der Waals surface area contributed by atoms with Crippen LogP contribution in [0.3, 0.4) is 0 Å². The number of hydrogen-bond donors (Lipinski definition) is 1. The zero-order valence-corrected chi connectivity index (χ0v) is 8.98. The number of para-hydroxylation sites is 1. The van der Waals surface area contributed by atoms with Gasteiger partial charge in [0.2, 0.25) is 0 Å². The van der Waals surface area contributed by atoms with Crippen LogP contribution in [0.5, 0.6) is 0 Å². The molecule has 1 rings (SSSR count). The summed E-state index contributed by atoms with van der Waals surface area (Å²) < 4.78 is 0. The lowest BCUT2D eigenvalue weighted by molar-refractivity contribution is 0.188. The summed E-state index contributed by atoms with van der Waals surface area (Å²) in [6.07, 6.45) is 1.85. The first kappa shape index (κ1) is 11.1. The molecule has 0 saturated heterocycles. The van der Waals surface area contributed by atoms with Gasteiger partial charge in [0, 0.05) is 12.2 Å². The highest BCUT2D eigenvalue weighted by molar-refractivity contribution is 5.46. The number of anilines is 1. The molecule has 1 atom stereocenters. The Morgan fingerprint density at radius 1 is 1.29 bits per heavy atom. The molecule has 78 valence electrons. The summed E-state index contributed by atoms with van der Waals surface area (Å²) in [5, 5.41) is 9.62. The first-order valence-electron chi connectivity index (χ1n) is 5.25. The van der Waals surface area contributed by atoms with Crippen molar-refractivity contribution >= 4 is 5.69 Å². The maximum atomic E-state index is 9.62. The molecule has 1 aromatic rings. The Hall–Kier alpha value is -1.02. The molecule has 0 bridgehead atoms. The smallest absolute Gasteiger partial charge is 0.124 e. The van der Waals surface area contributed by atoms with Gasteiger partial charge in [-0.1, -0.05) is 31.5 Å². The molecule has 0 spiro atoms. The molecule has 0 aliphatic carbocycles. The first-order chi connectivity index (χ1) is 6.75. The Bertz CT molecular complexity index is 246. The molecule has 0 fully saturated rings. The molecular weight excluding hydrogens is 174 g/mol. The number of hydrogen-bond acceptors (Lipinski definition) is 2. The lowest BCUT2D eigenvalue weighted by Gasteiger charge is -2.27. The Balaban J connectivity index is 2.68. The van der Waals surface area contributed by atoms with Crippen LogP contribution < -0.4 is 4.90 Å². The van der Waals surface area contributed by atoms with E-state index in [9.17, 15) is 5.11 Å². The van der Waals surface area contributed by atoms with Gasteiger partial charge in [-0.05, 0) is 25.5 Å². The maximum Gasteiger partial charge on any atom is 0.124 e. The van der Waals surface area contributed by atoms with Gasteiger partial charge in [-0.15, -0.1) is 0 Å². The summed E-state index contributed by atoms with van der Waals surface area (Å²) in [6.45, 7) is 4.88. The fraction of sp³-hybridized carbons (Fsp3) is 0.500. The topological polar surface area (TPSA) is 23.5 Å². The lowest BCUT2D eigenvalue weighted by atomic mass is 10.2. The van der Waals surface area contributed by atoms with E-state index < -0.39 is 6.23 Å². The quantitative estimate of drug-likeness (QED) is 0.727. The van der Waals surface area contributed by atoms with Crippen LogP contribution in [0.2, 0.25) is 0 Å². The molecule has 1 unspecified atom stereocenters. The molecule has 0 radical (unpaired) electrons. The zero-order chi connectivity index (χ0) is 10.4. The third-order valence-corrected chi connectivity index (χ3v) is 2.29. The SMILES string of the molecule is CCCCN(c1ccccc1)C(C)O. The normalized spacial score (nSPS) is 12.5. The van der Waals surface area contributed by atoms with E-state index in [1.54, 1.807) is 0 Å². The van der Waals surface area contributed by atoms with Gasteiger partial charge in [-0.25, -0.2) is 0 Å². The molecule has 0 amide bonds. The third kappa shape index (κ3) is 3.04. The van der Waals surface area contributed by atoms with E-state index in [2.05, 4.69) is 6.92 Å². The number of rotatable bonds is 5. The number of aliphatic hydroxyl groups excluding tert-OH is 1. The van der Waals surface area contributed by atoms with Crippen molar-refractivity contribution in [3.05, 3.63) is 30.3 Å². The van der Waals surface area contributed by atoms with Crippen LogP contribution >= 0.6 is 0 Å². The Morgan fingerprint density at radius 3 is 2.43 bits per heavy atom. The van der Waals surface area contributed by atoms with Crippen molar-refractivity contribution in [2.24, 2.45) is 0 Å². The number of benzene rings is 1. The molecule has 0 aliphatic heterocycles. The van der Waals surface area contributed by atoms with E-state index >= 15 is 0 Å². The summed E-state index contributed by atoms with van der Waals surface area (Å²) in [6, 6.07) is 10.0. The second-order valence-corrected chi connectivity index (χ2v) is 3.51. The molecule has 0 saturated carbocycles. The molecule has 0 aliphatic rings. The van der Waals surface area contributed by atoms with E-state index in [-0.39, 0.29) is 0 Å². The van der Waals surface area contributed by atoms with E-state index in [4.69, 9.17) is 0 Å². The van der Waals surface area contributed by atoms with Crippen LogP contribution in [-0.4, -0.2) is 17.9 Å². The average Bonchev–Trinajstić information content (AvgIpc) is 2.19. The predicted molar refractivity (Wildman–Crippen MR) is 60.4 cm³/mol. The minimum Gasteiger partial charge on any atom is -0.374 e. The molecule has 0 heterocycles. The molecule has 0 aromatic heterocycles. The monoisotopic (exact) mass is 193 g/mol. The van der Waals surface area contributed by atoms with Gasteiger partial charge in [0.15, 0.2) is 0 Å². The third-order valence-electron chi connectivity index (χ3n) is 2.29. The van der Waals surface area contributed by atoms with E-state index in [1.165, 1.54) is 0 Å². The molecule has 2 nitrogen and oxygen atoms in total. The van der Waals surface area contributed by atoms with Gasteiger partial charge < -0.3 is 10.0 Å². The predicted octanol–water partition coefficient (Wildman–Crippen LogP) is 2.63. The maximum absolute atomic E-state index is 9.62. The van der Waals surface area contributed by atoms with Gasteiger partial charge in [-0.3, -0.25) is 0 Å². The minimum atomic E-state index is -0.413. The van der Waals surface area contributed by atoms with Crippen LogP contribution in [0.15, 0.2) is 30.3 Å². The van der Waals surface area contributed by atoms with Crippen molar-refractivity contribution in [2.75, 3.05) is 11.4 Å². The Labute approximate surface area is 86.2 Å². The second-order valence-electron chi connectivity index (χ2n) is 3.51. The Morgan fingerprint density at radius 2 is 1.93 bits per heavy atom. The van der Waals surface area contributed by atoms with Crippen molar-refractivity contribution in [3.63, 3.8) is 0 Å². The van der Waals surface area contributed by atoms with Crippen molar-refractivity contribution < 1.29 is 5.11 Å². The molecular formula is C12H19NO. The van der Waals surface area contributed by atoms with E-state index in [1.807, 2.05) is 42.2 Å². The average molecular weight is 193 g/mol. The van der Waals surface area contributed by atoms with Gasteiger partial charge in [0.25, 0.3) is 0 Å². The van der Waals surface area contributed by atoms with Crippen molar-refractivity contribution in [2.45, 2.75) is 32.9 Å². The largest absolute Gasteiger partial charge is 0.374 e. The van der Waals surface area contributed by atoms with Crippen LogP contribution in [0.1, 0.15) is 26.7 Å². The lowest BCUT2D eigenvalue weighted by Crippen LogP contribution is -2.33. The van der Waals surface area contributed by atoms with Crippen molar-refractivity contribution in [3.8, 4) is 0 Å². The van der Waals surface area contributed by atoms with Crippen molar-refractivity contribution in [1.82, 2.24) is 0 Å². The van der Waals surface area contributed by atoms with Crippen molar-refractivity contribution in [1.29, 1.82) is 0 Å².